The molecule has 3 aromatic rings. The van der Waals surface area contributed by atoms with Gasteiger partial charge in [-0.1, -0.05) is 61.9 Å². The standard InChI is InChI=1S/C19H18OS/c1-2-3-12-21-19-16-10-6-4-8-14(16)18(13-20)15-9-5-7-11-17(15)19/h4-11,13H,2-3,12H2,1H3. The molecular weight excluding hydrogens is 276 g/mol. The Bertz CT molecular complexity index is 735. The summed E-state index contributed by atoms with van der Waals surface area (Å²) in [5.74, 6) is 1.12. The molecule has 0 amide bonds. The van der Waals surface area contributed by atoms with Gasteiger partial charge in [0.05, 0.1) is 0 Å². The van der Waals surface area contributed by atoms with Crippen molar-refractivity contribution in [3.05, 3.63) is 54.1 Å². The van der Waals surface area contributed by atoms with Crippen LogP contribution in [0.25, 0.3) is 21.5 Å². The quantitative estimate of drug-likeness (QED) is 0.260. The average molecular weight is 294 g/mol. The first-order chi connectivity index (χ1) is 10.4. The Balaban J connectivity index is 2.33. The molecule has 0 heterocycles. The third kappa shape index (κ3) is 2.56. The molecule has 1 nitrogen and oxygen atoms in total. The first-order valence-electron chi connectivity index (χ1n) is 7.38. The topological polar surface area (TPSA) is 17.1 Å². The van der Waals surface area contributed by atoms with E-state index in [9.17, 15) is 4.79 Å². The molecule has 3 rings (SSSR count). The van der Waals surface area contributed by atoms with Crippen molar-refractivity contribution in [2.45, 2.75) is 24.7 Å². The number of rotatable bonds is 5. The molecule has 106 valence electrons. The second-order valence-corrected chi connectivity index (χ2v) is 6.26. The Morgan fingerprint density at radius 2 is 1.43 bits per heavy atom. The van der Waals surface area contributed by atoms with Crippen molar-refractivity contribution < 1.29 is 4.79 Å². The van der Waals surface area contributed by atoms with E-state index < -0.39 is 0 Å². The minimum atomic E-state index is 0.807. The number of aldehydes is 1. The number of carbonyl (C=O) groups excluding carboxylic acids is 1. The van der Waals surface area contributed by atoms with Gasteiger partial charge in [0.25, 0.3) is 0 Å². The Morgan fingerprint density at radius 3 is 1.90 bits per heavy atom. The van der Waals surface area contributed by atoms with Gasteiger partial charge in [-0.15, -0.1) is 11.8 Å². The van der Waals surface area contributed by atoms with Gasteiger partial charge in [-0.05, 0) is 33.7 Å². The highest BCUT2D eigenvalue weighted by molar-refractivity contribution is 7.99. The summed E-state index contributed by atoms with van der Waals surface area (Å²) in [6.07, 6.45) is 3.41. The van der Waals surface area contributed by atoms with E-state index in [0.717, 1.165) is 28.4 Å². The predicted molar refractivity (Wildman–Crippen MR) is 92.5 cm³/mol. The zero-order valence-electron chi connectivity index (χ0n) is 12.1. The lowest BCUT2D eigenvalue weighted by Gasteiger charge is -2.13. The molecule has 0 aliphatic carbocycles. The molecule has 0 aliphatic heterocycles. The molecule has 0 unspecified atom stereocenters. The molecule has 3 aromatic carbocycles. The van der Waals surface area contributed by atoms with Crippen LogP contribution in [0.5, 0.6) is 0 Å². The Kier molecular flexibility index (Phi) is 4.26. The molecule has 0 aliphatic rings. The minimum absolute atomic E-state index is 0.807. The molecule has 0 saturated heterocycles. The third-order valence-electron chi connectivity index (χ3n) is 3.79. The maximum Gasteiger partial charge on any atom is 0.151 e. The van der Waals surface area contributed by atoms with Crippen molar-refractivity contribution in [3.63, 3.8) is 0 Å². The van der Waals surface area contributed by atoms with E-state index in [1.807, 2.05) is 23.9 Å². The van der Waals surface area contributed by atoms with E-state index in [4.69, 9.17) is 0 Å². The van der Waals surface area contributed by atoms with E-state index in [1.165, 1.54) is 28.5 Å². The molecule has 0 bridgehead atoms. The van der Waals surface area contributed by atoms with E-state index in [-0.39, 0.29) is 0 Å². The maximum absolute atomic E-state index is 11.6. The molecule has 0 fully saturated rings. The van der Waals surface area contributed by atoms with Gasteiger partial charge < -0.3 is 0 Å². The van der Waals surface area contributed by atoms with Crippen LogP contribution in [0.4, 0.5) is 0 Å². The zero-order chi connectivity index (χ0) is 14.7. The third-order valence-corrected chi connectivity index (χ3v) is 5.01. The molecule has 0 aromatic heterocycles. The van der Waals surface area contributed by atoms with E-state index in [1.54, 1.807) is 0 Å². The van der Waals surface area contributed by atoms with E-state index in [2.05, 4.69) is 43.3 Å². The summed E-state index contributed by atoms with van der Waals surface area (Å²) >= 11 is 1.91. The van der Waals surface area contributed by atoms with Crippen molar-refractivity contribution in [3.8, 4) is 0 Å². The van der Waals surface area contributed by atoms with Gasteiger partial charge in [-0.3, -0.25) is 4.79 Å². The van der Waals surface area contributed by atoms with E-state index >= 15 is 0 Å². The van der Waals surface area contributed by atoms with Crippen LogP contribution in [0.2, 0.25) is 0 Å². The molecule has 0 spiro atoms. The molecule has 2 heteroatoms. The highest BCUT2D eigenvalue weighted by Crippen LogP contribution is 2.38. The van der Waals surface area contributed by atoms with Crippen LogP contribution in [-0.2, 0) is 0 Å². The Morgan fingerprint density at radius 1 is 0.905 bits per heavy atom. The summed E-state index contributed by atoms with van der Waals surface area (Å²) in [6.45, 7) is 2.21. The van der Waals surface area contributed by atoms with Gasteiger partial charge in [0.15, 0.2) is 6.29 Å². The summed E-state index contributed by atoms with van der Waals surface area (Å²) in [7, 11) is 0. The first-order valence-corrected chi connectivity index (χ1v) is 8.36. The van der Waals surface area contributed by atoms with Crippen molar-refractivity contribution in [2.24, 2.45) is 0 Å². The lowest BCUT2D eigenvalue weighted by molar-refractivity contribution is 0.112. The summed E-state index contributed by atoms with van der Waals surface area (Å²) < 4.78 is 0. The van der Waals surface area contributed by atoms with Crippen LogP contribution in [0, 0.1) is 0 Å². The molecule has 21 heavy (non-hydrogen) atoms. The van der Waals surface area contributed by atoms with Crippen molar-refractivity contribution in [1.29, 1.82) is 0 Å². The molecule has 0 N–H and O–H groups in total. The van der Waals surface area contributed by atoms with Gasteiger partial charge in [-0.25, -0.2) is 0 Å². The maximum atomic E-state index is 11.6. The number of hydrogen-bond donors (Lipinski definition) is 0. The highest BCUT2D eigenvalue weighted by atomic mass is 32.2. The zero-order valence-corrected chi connectivity index (χ0v) is 13.0. The van der Waals surface area contributed by atoms with Crippen molar-refractivity contribution in [2.75, 3.05) is 5.75 Å². The largest absolute Gasteiger partial charge is 0.298 e. The molecular formula is C19H18OS. The number of benzene rings is 3. The second-order valence-electron chi connectivity index (χ2n) is 5.15. The monoisotopic (exact) mass is 294 g/mol. The first kappa shape index (κ1) is 14.2. The SMILES string of the molecule is CCCCSc1c2ccccc2c(C=O)c2ccccc12. The van der Waals surface area contributed by atoms with Gasteiger partial charge in [0, 0.05) is 10.5 Å². The summed E-state index contributed by atoms with van der Waals surface area (Å²) in [5.41, 5.74) is 0.807. The number of fused-ring (bicyclic) bond motifs is 2. The normalized spacial score (nSPS) is 11.1. The highest BCUT2D eigenvalue weighted by Gasteiger charge is 2.12. The van der Waals surface area contributed by atoms with Crippen LogP contribution >= 0.6 is 11.8 Å². The van der Waals surface area contributed by atoms with Gasteiger partial charge in [-0.2, -0.15) is 0 Å². The minimum Gasteiger partial charge on any atom is -0.298 e. The lowest BCUT2D eigenvalue weighted by Crippen LogP contribution is -1.91. The summed E-state index contributed by atoms with van der Waals surface area (Å²) in [4.78, 5) is 12.9. The van der Waals surface area contributed by atoms with E-state index in [0.29, 0.717) is 0 Å². The fourth-order valence-electron chi connectivity index (χ4n) is 2.72. The average Bonchev–Trinajstić information content (AvgIpc) is 2.54. The second kappa shape index (κ2) is 6.31. The lowest BCUT2D eigenvalue weighted by atomic mass is 9.97. The molecule has 0 atom stereocenters. The van der Waals surface area contributed by atoms with Crippen LogP contribution in [0.3, 0.4) is 0 Å². The van der Waals surface area contributed by atoms with Crippen LogP contribution in [0.15, 0.2) is 53.4 Å². The van der Waals surface area contributed by atoms with Gasteiger partial charge in [0.2, 0.25) is 0 Å². The Hall–Kier alpha value is -1.80. The summed E-state index contributed by atoms with van der Waals surface area (Å²) in [5, 5.41) is 4.51. The molecule has 0 radical (unpaired) electrons. The van der Waals surface area contributed by atoms with Crippen LogP contribution < -0.4 is 0 Å². The van der Waals surface area contributed by atoms with Crippen molar-refractivity contribution in [1.82, 2.24) is 0 Å². The van der Waals surface area contributed by atoms with Gasteiger partial charge >= 0.3 is 0 Å². The van der Waals surface area contributed by atoms with Crippen LogP contribution in [0.1, 0.15) is 30.1 Å². The number of hydrogen-bond acceptors (Lipinski definition) is 2. The predicted octanol–water partition coefficient (Wildman–Crippen LogP) is 5.70. The number of unbranched alkanes of at least 4 members (excludes halogenated alkanes) is 1. The Labute approximate surface area is 129 Å². The fraction of sp³-hybridized carbons (Fsp3) is 0.211. The smallest absolute Gasteiger partial charge is 0.151 e. The van der Waals surface area contributed by atoms with Crippen molar-refractivity contribution >= 4 is 39.6 Å². The van der Waals surface area contributed by atoms with Gasteiger partial charge in [0.1, 0.15) is 0 Å². The number of carbonyl (C=O) groups is 1. The van der Waals surface area contributed by atoms with Crippen LogP contribution in [-0.4, -0.2) is 12.0 Å². The fourth-order valence-corrected chi connectivity index (χ4v) is 4.03. The number of thioether (sulfide) groups is 1. The summed E-state index contributed by atoms with van der Waals surface area (Å²) in [6, 6.07) is 16.5. The molecule has 0 saturated carbocycles.